The molecule has 0 spiro atoms. The molecule has 3 rings (SSSR count). The molecule has 1 N–H and O–H groups in total. The zero-order valence-electron chi connectivity index (χ0n) is 11.5. The lowest BCUT2D eigenvalue weighted by molar-refractivity contribution is 0.219. The fourth-order valence-electron chi connectivity index (χ4n) is 2.74. The molecule has 0 bridgehead atoms. The van der Waals surface area contributed by atoms with Gasteiger partial charge in [-0.2, -0.15) is 0 Å². The van der Waals surface area contributed by atoms with E-state index >= 15 is 0 Å². The molecule has 0 radical (unpaired) electrons. The smallest absolute Gasteiger partial charge is 0.161 e. The number of hydrogen-bond acceptors (Lipinski definition) is 5. The first-order chi connectivity index (χ1) is 9.57. The summed E-state index contributed by atoms with van der Waals surface area (Å²) in [6, 6.07) is 5.94. The van der Waals surface area contributed by atoms with Gasteiger partial charge in [0.1, 0.15) is 6.10 Å². The van der Waals surface area contributed by atoms with Crippen LogP contribution in [0.5, 0.6) is 11.5 Å². The van der Waals surface area contributed by atoms with E-state index in [0.717, 1.165) is 19.5 Å². The molecule has 2 aliphatic heterocycles. The number of benzene rings is 1. The predicted molar refractivity (Wildman–Crippen MR) is 76.3 cm³/mol. The number of nitrogens with one attached hydrogen (secondary N) is 1. The van der Waals surface area contributed by atoms with Gasteiger partial charge >= 0.3 is 0 Å². The molecular formula is C14H19NO4S. The Kier molecular flexibility index (Phi) is 3.60. The molecule has 2 heterocycles. The van der Waals surface area contributed by atoms with E-state index < -0.39 is 9.84 Å². The highest BCUT2D eigenvalue weighted by molar-refractivity contribution is 7.92. The molecule has 6 heteroatoms. The Bertz CT molecular complexity index is 581. The van der Waals surface area contributed by atoms with Crippen LogP contribution in [0.3, 0.4) is 0 Å². The minimum atomic E-state index is -2.87. The van der Waals surface area contributed by atoms with E-state index in [2.05, 4.69) is 11.4 Å². The van der Waals surface area contributed by atoms with Crippen molar-refractivity contribution in [2.45, 2.75) is 18.4 Å². The molecule has 5 nitrogen and oxygen atoms in total. The van der Waals surface area contributed by atoms with Gasteiger partial charge in [-0.3, -0.25) is 0 Å². The molecule has 2 aliphatic rings. The van der Waals surface area contributed by atoms with Gasteiger partial charge < -0.3 is 14.8 Å². The Balaban J connectivity index is 1.78. The number of rotatable bonds is 4. The van der Waals surface area contributed by atoms with Gasteiger partial charge in [-0.25, -0.2) is 8.42 Å². The summed E-state index contributed by atoms with van der Waals surface area (Å²) in [6.45, 7) is 2.01. The number of ether oxygens (including phenoxy) is 2. The van der Waals surface area contributed by atoms with Gasteiger partial charge in [0, 0.05) is 6.54 Å². The summed E-state index contributed by atoms with van der Waals surface area (Å²) in [4.78, 5) is 0. The van der Waals surface area contributed by atoms with Crippen LogP contribution in [0.2, 0.25) is 0 Å². The van der Waals surface area contributed by atoms with E-state index in [0.29, 0.717) is 17.4 Å². The third kappa shape index (κ3) is 2.76. The Hall–Kier alpha value is -1.27. The maximum absolute atomic E-state index is 11.2. The highest BCUT2D eigenvalue weighted by Gasteiger charge is 2.35. The molecule has 2 fully saturated rings. The topological polar surface area (TPSA) is 64.6 Å². The molecule has 0 amide bonds. The van der Waals surface area contributed by atoms with Crippen molar-refractivity contribution in [3.63, 3.8) is 0 Å². The van der Waals surface area contributed by atoms with Crippen LogP contribution in [0.1, 0.15) is 17.9 Å². The highest BCUT2D eigenvalue weighted by Crippen LogP contribution is 2.34. The number of hydrogen-bond donors (Lipinski definition) is 1. The van der Waals surface area contributed by atoms with Gasteiger partial charge in [0.15, 0.2) is 21.3 Å². The summed E-state index contributed by atoms with van der Waals surface area (Å²) in [7, 11) is -1.28. The van der Waals surface area contributed by atoms with Gasteiger partial charge in [-0.05, 0) is 36.6 Å². The van der Waals surface area contributed by atoms with Crippen molar-refractivity contribution in [3.05, 3.63) is 23.8 Å². The Morgan fingerprint density at radius 1 is 1.25 bits per heavy atom. The van der Waals surface area contributed by atoms with Crippen molar-refractivity contribution in [2.75, 3.05) is 31.7 Å². The summed E-state index contributed by atoms with van der Waals surface area (Å²) < 4.78 is 33.5. The van der Waals surface area contributed by atoms with Crippen LogP contribution in [-0.4, -0.2) is 46.2 Å². The van der Waals surface area contributed by atoms with Crippen molar-refractivity contribution in [2.24, 2.45) is 0 Å². The zero-order chi connectivity index (χ0) is 14.2. The first-order valence-electron chi connectivity index (χ1n) is 6.83. The van der Waals surface area contributed by atoms with E-state index in [1.807, 2.05) is 12.1 Å². The molecule has 1 unspecified atom stereocenters. The SMILES string of the molecule is COc1ccc(C2CCNC2)cc1OC1CS(=O)(=O)C1. The van der Waals surface area contributed by atoms with Crippen LogP contribution < -0.4 is 14.8 Å². The summed E-state index contributed by atoms with van der Waals surface area (Å²) in [5, 5.41) is 3.34. The summed E-state index contributed by atoms with van der Waals surface area (Å²) in [6.07, 6.45) is 0.870. The number of sulfone groups is 1. The molecule has 20 heavy (non-hydrogen) atoms. The second kappa shape index (κ2) is 5.26. The standard InChI is InChI=1S/C14H19NO4S/c1-18-13-3-2-10(11-4-5-15-7-11)6-14(13)19-12-8-20(16,17)9-12/h2-3,6,11-12,15H,4-5,7-9H2,1H3. The largest absolute Gasteiger partial charge is 0.493 e. The maximum atomic E-state index is 11.2. The van der Waals surface area contributed by atoms with E-state index in [-0.39, 0.29) is 17.6 Å². The molecule has 1 aromatic carbocycles. The van der Waals surface area contributed by atoms with Crippen molar-refractivity contribution in [3.8, 4) is 11.5 Å². The van der Waals surface area contributed by atoms with Crippen molar-refractivity contribution >= 4 is 9.84 Å². The van der Waals surface area contributed by atoms with Crippen molar-refractivity contribution in [1.29, 1.82) is 0 Å². The van der Waals surface area contributed by atoms with Crippen molar-refractivity contribution < 1.29 is 17.9 Å². The molecule has 2 saturated heterocycles. The third-order valence-electron chi connectivity index (χ3n) is 3.89. The molecule has 1 aromatic rings. The van der Waals surface area contributed by atoms with Crippen LogP contribution in [0.25, 0.3) is 0 Å². The van der Waals surface area contributed by atoms with Gasteiger partial charge in [0.05, 0.1) is 18.6 Å². The number of methoxy groups -OCH3 is 1. The van der Waals surface area contributed by atoms with E-state index in [9.17, 15) is 8.42 Å². The second-order valence-corrected chi connectivity index (χ2v) is 7.57. The molecular weight excluding hydrogens is 278 g/mol. The highest BCUT2D eigenvalue weighted by atomic mass is 32.2. The normalized spacial score (nSPS) is 25.1. The van der Waals surface area contributed by atoms with Crippen molar-refractivity contribution in [1.82, 2.24) is 5.32 Å². The van der Waals surface area contributed by atoms with Gasteiger partial charge in [0.25, 0.3) is 0 Å². The minimum Gasteiger partial charge on any atom is -0.493 e. The van der Waals surface area contributed by atoms with E-state index in [1.165, 1.54) is 5.56 Å². The second-order valence-electron chi connectivity index (χ2n) is 5.42. The lowest BCUT2D eigenvalue weighted by Crippen LogP contribution is -2.45. The first kappa shape index (κ1) is 13.7. The molecule has 110 valence electrons. The molecule has 0 saturated carbocycles. The van der Waals surface area contributed by atoms with Crippen LogP contribution >= 0.6 is 0 Å². The van der Waals surface area contributed by atoms with E-state index in [4.69, 9.17) is 9.47 Å². The molecule has 0 aromatic heterocycles. The summed E-state index contributed by atoms with van der Waals surface area (Å²) in [5.41, 5.74) is 1.22. The maximum Gasteiger partial charge on any atom is 0.161 e. The fraction of sp³-hybridized carbons (Fsp3) is 0.571. The average Bonchev–Trinajstić information content (AvgIpc) is 2.90. The quantitative estimate of drug-likeness (QED) is 0.896. The molecule has 0 aliphatic carbocycles. The van der Waals surface area contributed by atoms with Gasteiger partial charge in [-0.1, -0.05) is 6.07 Å². The van der Waals surface area contributed by atoms with Crippen LogP contribution in [0.15, 0.2) is 18.2 Å². The van der Waals surface area contributed by atoms with E-state index in [1.54, 1.807) is 7.11 Å². The van der Waals surface area contributed by atoms with Crippen LogP contribution in [-0.2, 0) is 9.84 Å². The first-order valence-corrected chi connectivity index (χ1v) is 8.65. The summed E-state index contributed by atoms with van der Waals surface area (Å²) in [5.74, 6) is 2.01. The minimum absolute atomic E-state index is 0.103. The van der Waals surface area contributed by atoms with Crippen LogP contribution in [0.4, 0.5) is 0 Å². The zero-order valence-corrected chi connectivity index (χ0v) is 12.3. The third-order valence-corrected chi connectivity index (χ3v) is 5.65. The Morgan fingerprint density at radius 3 is 2.65 bits per heavy atom. The lowest BCUT2D eigenvalue weighted by atomic mass is 9.98. The van der Waals surface area contributed by atoms with Gasteiger partial charge in [-0.15, -0.1) is 0 Å². The fourth-order valence-corrected chi connectivity index (χ4v) is 3.92. The van der Waals surface area contributed by atoms with Gasteiger partial charge in [0.2, 0.25) is 0 Å². The Morgan fingerprint density at radius 2 is 2.05 bits per heavy atom. The average molecular weight is 297 g/mol. The summed E-state index contributed by atoms with van der Waals surface area (Å²) >= 11 is 0. The Labute approximate surface area is 119 Å². The predicted octanol–water partition coefficient (Wildman–Crippen LogP) is 0.948. The van der Waals surface area contributed by atoms with Crippen LogP contribution in [0, 0.1) is 0 Å². The monoisotopic (exact) mass is 297 g/mol. The molecule has 1 atom stereocenters. The lowest BCUT2D eigenvalue weighted by Gasteiger charge is -2.27.